The molecule has 0 spiro atoms. The third-order valence-electron chi connectivity index (χ3n) is 3.11. The number of benzene rings is 1. The van der Waals surface area contributed by atoms with Crippen LogP contribution >= 0.6 is 0 Å². The van der Waals surface area contributed by atoms with Crippen molar-refractivity contribution < 1.29 is 22.7 Å². The SMILES string of the molecule is CCCC(C)CC(=O)NCc1cccc(OCC(F)(F)F)c1. The average molecular weight is 317 g/mol. The highest BCUT2D eigenvalue weighted by molar-refractivity contribution is 5.76. The fraction of sp³-hybridized carbons (Fsp3) is 0.562. The van der Waals surface area contributed by atoms with Gasteiger partial charge >= 0.3 is 6.18 Å². The first-order valence-corrected chi connectivity index (χ1v) is 7.35. The summed E-state index contributed by atoms with van der Waals surface area (Å²) in [6, 6.07) is 6.30. The van der Waals surface area contributed by atoms with Crippen molar-refractivity contribution in [2.45, 2.75) is 45.8 Å². The van der Waals surface area contributed by atoms with E-state index in [1.54, 1.807) is 12.1 Å². The lowest BCUT2D eigenvalue weighted by Crippen LogP contribution is -2.24. The van der Waals surface area contributed by atoms with Crippen molar-refractivity contribution in [1.82, 2.24) is 5.32 Å². The van der Waals surface area contributed by atoms with Crippen molar-refractivity contribution in [3.05, 3.63) is 29.8 Å². The smallest absolute Gasteiger partial charge is 0.422 e. The summed E-state index contributed by atoms with van der Waals surface area (Å²) in [7, 11) is 0. The van der Waals surface area contributed by atoms with E-state index >= 15 is 0 Å². The monoisotopic (exact) mass is 317 g/mol. The number of carbonyl (C=O) groups excluding carboxylic acids is 1. The number of alkyl halides is 3. The molecule has 0 bridgehead atoms. The highest BCUT2D eigenvalue weighted by atomic mass is 19.4. The van der Waals surface area contributed by atoms with Gasteiger partial charge < -0.3 is 10.1 Å². The molecule has 0 saturated heterocycles. The number of halogens is 3. The quantitative estimate of drug-likeness (QED) is 0.785. The number of amides is 1. The first kappa shape index (κ1) is 18.3. The second kappa shape index (κ2) is 8.66. The van der Waals surface area contributed by atoms with Crippen molar-refractivity contribution in [3.63, 3.8) is 0 Å². The topological polar surface area (TPSA) is 38.3 Å². The van der Waals surface area contributed by atoms with Crippen LogP contribution in [-0.4, -0.2) is 18.7 Å². The molecule has 0 saturated carbocycles. The van der Waals surface area contributed by atoms with Gasteiger partial charge in [0.2, 0.25) is 5.91 Å². The fourth-order valence-electron chi connectivity index (χ4n) is 2.09. The first-order valence-electron chi connectivity index (χ1n) is 7.35. The second-order valence-corrected chi connectivity index (χ2v) is 5.43. The zero-order valence-electron chi connectivity index (χ0n) is 12.9. The number of hydrogen-bond acceptors (Lipinski definition) is 2. The summed E-state index contributed by atoms with van der Waals surface area (Å²) in [5.41, 5.74) is 0.705. The largest absolute Gasteiger partial charge is 0.484 e. The molecule has 22 heavy (non-hydrogen) atoms. The van der Waals surface area contributed by atoms with Crippen molar-refractivity contribution >= 4 is 5.91 Å². The molecular weight excluding hydrogens is 295 g/mol. The lowest BCUT2D eigenvalue weighted by atomic mass is 10.0. The fourth-order valence-corrected chi connectivity index (χ4v) is 2.09. The van der Waals surface area contributed by atoms with Crippen LogP contribution < -0.4 is 10.1 Å². The highest BCUT2D eigenvalue weighted by Gasteiger charge is 2.28. The number of carbonyl (C=O) groups is 1. The van der Waals surface area contributed by atoms with Crippen LogP contribution in [0.2, 0.25) is 0 Å². The molecule has 1 N–H and O–H groups in total. The van der Waals surface area contributed by atoms with Crippen LogP contribution in [-0.2, 0) is 11.3 Å². The number of nitrogens with one attached hydrogen (secondary N) is 1. The Morgan fingerprint density at radius 1 is 1.36 bits per heavy atom. The van der Waals surface area contributed by atoms with E-state index in [1.165, 1.54) is 12.1 Å². The van der Waals surface area contributed by atoms with Crippen LogP contribution in [0, 0.1) is 5.92 Å². The van der Waals surface area contributed by atoms with E-state index < -0.39 is 12.8 Å². The van der Waals surface area contributed by atoms with Gasteiger partial charge in [0.1, 0.15) is 5.75 Å². The van der Waals surface area contributed by atoms with Gasteiger partial charge in [0, 0.05) is 13.0 Å². The molecule has 0 fully saturated rings. The van der Waals surface area contributed by atoms with Crippen LogP contribution in [0.4, 0.5) is 13.2 Å². The van der Waals surface area contributed by atoms with E-state index in [0.29, 0.717) is 17.9 Å². The highest BCUT2D eigenvalue weighted by Crippen LogP contribution is 2.19. The maximum Gasteiger partial charge on any atom is 0.422 e. The maximum absolute atomic E-state index is 12.1. The Morgan fingerprint density at radius 3 is 2.73 bits per heavy atom. The molecule has 1 amide bonds. The molecule has 0 radical (unpaired) electrons. The summed E-state index contributed by atoms with van der Waals surface area (Å²) in [5.74, 6) is 0.414. The first-order chi connectivity index (χ1) is 10.3. The normalized spacial score (nSPS) is 12.8. The summed E-state index contributed by atoms with van der Waals surface area (Å²) in [4.78, 5) is 11.8. The molecule has 1 aromatic carbocycles. The van der Waals surface area contributed by atoms with Gasteiger partial charge in [0.25, 0.3) is 0 Å². The van der Waals surface area contributed by atoms with Gasteiger partial charge in [-0.15, -0.1) is 0 Å². The molecule has 1 atom stereocenters. The maximum atomic E-state index is 12.1. The van der Waals surface area contributed by atoms with Crippen molar-refractivity contribution in [1.29, 1.82) is 0 Å². The third-order valence-corrected chi connectivity index (χ3v) is 3.11. The van der Waals surface area contributed by atoms with Gasteiger partial charge in [-0.05, 0) is 23.6 Å². The minimum atomic E-state index is -4.36. The molecular formula is C16H22F3NO2. The van der Waals surface area contributed by atoms with Crippen LogP contribution in [0.15, 0.2) is 24.3 Å². The Morgan fingerprint density at radius 2 is 2.09 bits per heavy atom. The molecule has 0 aromatic heterocycles. The second-order valence-electron chi connectivity index (χ2n) is 5.43. The van der Waals surface area contributed by atoms with Gasteiger partial charge in [0.05, 0.1) is 0 Å². The summed E-state index contributed by atoms with van der Waals surface area (Å²) in [6.07, 6.45) is -1.88. The van der Waals surface area contributed by atoms with Crippen LogP contribution in [0.25, 0.3) is 0 Å². The van der Waals surface area contributed by atoms with Crippen molar-refractivity contribution in [2.24, 2.45) is 5.92 Å². The van der Waals surface area contributed by atoms with Crippen molar-refractivity contribution in [3.8, 4) is 5.75 Å². The van der Waals surface area contributed by atoms with Crippen molar-refractivity contribution in [2.75, 3.05) is 6.61 Å². The van der Waals surface area contributed by atoms with Gasteiger partial charge in [0.15, 0.2) is 6.61 Å². The zero-order chi connectivity index (χ0) is 16.6. The molecule has 0 heterocycles. The average Bonchev–Trinajstić information content (AvgIpc) is 2.43. The summed E-state index contributed by atoms with van der Waals surface area (Å²) >= 11 is 0. The minimum absolute atomic E-state index is 0.0532. The summed E-state index contributed by atoms with van der Waals surface area (Å²) in [6.45, 7) is 3.05. The Balaban J connectivity index is 2.44. The van der Waals surface area contributed by atoms with Gasteiger partial charge in [-0.2, -0.15) is 13.2 Å². The number of hydrogen-bond donors (Lipinski definition) is 1. The molecule has 0 aliphatic carbocycles. The Labute approximate surface area is 128 Å². The molecule has 0 aliphatic heterocycles. The molecule has 124 valence electrons. The van der Waals surface area contributed by atoms with Gasteiger partial charge in [-0.3, -0.25) is 4.79 Å². The zero-order valence-corrected chi connectivity index (χ0v) is 12.9. The van der Waals surface area contributed by atoms with E-state index in [-0.39, 0.29) is 18.2 Å². The van der Waals surface area contributed by atoms with E-state index in [1.807, 2.05) is 6.92 Å². The van der Waals surface area contributed by atoms with Gasteiger partial charge in [-0.1, -0.05) is 38.8 Å². The number of rotatable bonds is 8. The van der Waals surface area contributed by atoms with Gasteiger partial charge in [-0.25, -0.2) is 0 Å². The third kappa shape index (κ3) is 7.90. The van der Waals surface area contributed by atoms with E-state index in [0.717, 1.165) is 12.8 Å². The molecule has 3 nitrogen and oxygen atoms in total. The number of ether oxygens (including phenoxy) is 1. The van der Waals surface area contributed by atoms with Crippen LogP contribution in [0.5, 0.6) is 5.75 Å². The van der Waals surface area contributed by atoms with Crippen LogP contribution in [0.3, 0.4) is 0 Å². The Hall–Kier alpha value is -1.72. The Bertz CT molecular complexity index is 475. The summed E-state index contributed by atoms with van der Waals surface area (Å²) < 4.78 is 41.0. The summed E-state index contributed by atoms with van der Waals surface area (Å²) in [5, 5.41) is 2.77. The molecule has 1 aromatic rings. The lowest BCUT2D eigenvalue weighted by molar-refractivity contribution is -0.153. The van der Waals surface area contributed by atoms with E-state index in [2.05, 4.69) is 17.0 Å². The minimum Gasteiger partial charge on any atom is -0.484 e. The van der Waals surface area contributed by atoms with Crippen LogP contribution in [0.1, 0.15) is 38.7 Å². The lowest BCUT2D eigenvalue weighted by Gasteiger charge is -2.12. The predicted molar refractivity (Wildman–Crippen MR) is 78.5 cm³/mol. The molecule has 1 rings (SSSR count). The van der Waals surface area contributed by atoms with E-state index in [9.17, 15) is 18.0 Å². The van der Waals surface area contributed by atoms with E-state index in [4.69, 9.17) is 0 Å². The molecule has 1 unspecified atom stereocenters. The standard InChI is InChI=1S/C16H22F3NO2/c1-3-5-12(2)8-15(21)20-10-13-6-4-7-14(9-13)22-11-16(17,18)19/h4,6-7,9,12H,3,5,8,10-11H2,1-2H3,(H,20,21). The molecule has 6 heteroatoms. The predicted octanol–water partition coefficient (Wildman–Crippen LogP) is 4.07. The Kier molecular flexibility index (Phi) is 7.21. The molecule has 0 aliphatic rings.